The Balaban J connectivity index is 1.91. The molecule has 2 nitrogen and oxygen atoms in total. The summed E-state index contributed by atoms with van der Waals surface area (Å²) in [6.45, 7) is 2.61. The first-order valence-electron chi connectivity index (χ1n) is 7.37. The van der Waals surface area contributed by atoms with Gasteiger partial charge in [-0.25, -0.2) is 0 Å². The van der Waals surface area contributed by atoms with E-state index in [1.165, 1.54) is 77.3 Å². The molecule has 1 aliphatic heterocycles. The first-order chi connectivity index (χ1) is 7.88. The first kappa shape index (κ1) is 12.4. The summed E-state index contributed by atoms with van der Waals surface area (Å²) in [7, 11) is 0. The van der Waals surface area contributed by atoms with Crippen LogP contribution < -0.4 is 5.73 Å². The van der Waals surface area contributed by atoms with Crippen LogP contribution in [-0.2, 0) is 0 Å². The van der Waals surface area contributed by atoms with Crippen LogP contribution in [0.3, 0.4) is 0 Å². The standard InChI is InChI=1S/C14H28N2/c15-13-9-5-1-2-6-10-14(13)16-11-7-3-4-8-12-16/h13-14H,1-12,15H2. The van der Waals surface area contributed by atoms with Crippen molar-refractivity contribution in [2.45, 2.75) is 76.3 Å². The molecule has 2 fully saturated rings. The van der Waals surface area contributed by atoms with Crippen molar-refractivity contribution in [3.05, 3.63) is 0 Å². The molecule has 0 radical (unpaired) electrons. The van der Waals surface area contributed by atoms with Gasteiger partial charge in [0.2, 0.25) is 0 Å². The van der Waals surface area contributed by atoms with Gasteiger partial charge in [0.15, 0.2) is 0 Å². The molecule has 1 saturated carbocycles. The Bertz CT molecular complexity index is 185. The van der Waals surface area contributed by atoms with E-state index in [0.717, 1.165) is 0 Å². The maximum Gasteiger partial charge on any atom is 0.0247 e. The summed E-state index contributed by atoms with van der Waals surface area (Å²) in [4.78, 5) is 2.71. The SMILES string of the molecule is NC1CCCCCCC1N1CCCCCC1. The molecule has 2 aliphatic rings. The van der Waals surface area contributed by atoms with Crippen LogP contribution in [0.2, 0.25) is 0 Å². The van der Waals surface area contributed by atoms with Crippen LogP contribution in [-0.4, -0.2) is 30.1 Å². The molecule has 2 atom stereocenters. The minimum Gasteiger partial charge on any atom is -0.326 e. The summed E-state index contributed by atoms with van der Waals surface area (Å²) in [5.74, 6) is 0. The minimum atomic E-state index is 0.443. The molecule has 0 spiro atoms. The van der Waals surface area contributed by atoms with Crippen molar-refractivity contribution in [3.8, 4) is 0 Å². The molecule has 0 aromatic carbocycles. The first-order valence-corrected chi connectivity index (χ1v) is 7.37. The Morgan fingerprint density at radius 1 is 0.688 bits per heavy atom. The van der Waals surface area contributed by atoms with E-state index < -0.39 is 0 Å². The van der Waals surface area contributed by atoms with Crippen molar-refractivity contribution in [2.24, 2.45) is 5.73 Å². The summed E-state index contributed by atoms with van der Waals surface area (Å²) in [6.07, 6.45) is 13.8. The van der Waals surface area contributed by atoms with Crippen LogP contribution in [0.15, 0.2) is 0 Å². The van der Waals surface area contributed by atoms with Gasteiger partial charge in [-0.2, -0.15) is 0 Å². The zero-order valence-electron chi connectivity index (χ0n) is 10.7. The van der Waals surface area contributed by atoms with Crippen molar-refractivity contribution >= 4 is 0 Å². The molecule has 1 saturated heterocycles. The van der Waals surface area contributed by atoms with Crippen molar-refractivity contribution < 1.29 is 0 Å². The van der Waals surface area contributed by atoms with Gasteiger partial charge in [-0.05, 0) is 38.8 Å². The Morgan fingerprint density at radius 2 is 1.25 bits per heavy atom. The lowest BCUT2D eigenvalue weighted by molar-refractivity contribution is 0.153. The third kappa shape index (κ3) is 3.46. The van der Waals surface area contributed by atoms with Gasteiger partial charge in [0, 0.05) is 12.1 Å². The van der Waals surface area contributed by atoms with Crippen LogP contribution in [0.5, 0.6) is 0 Å². The molecule has 0 aromatic rings. The number of nitrogens with two attached hydrogens (primary N) is 1. The largest absolute Gasteiger partial charge is 0.326 e. The maximum atomic E-state index is 6.39. The second-order valence-corrected chi connectivity index (χ2v) is 5.67. The zero-order valence-corrected chi connectivity index (χ0v) is 10.7. The molecule has 16 heavy (non-hydrogen) atoms. The molecule has 1 aliphatic carbocycles. The highest BCUT2D eigenvalue weighted by atomic mass is 15.2. The third-order valence-electron chi connectivity index (χ3n) is 4.39. The minimum absolute atomic E-state index is 0.443. The lowest BCUT2D eigenvalue weighted by Crippen LogP contribution is -2.48. The Hall–Kier alpha value is -0.0800. The summed E-state index contributed by atoms with van der Waals surface area (Å²) in [5.41, 5.74) is 6.39. The van der Waals surface area contributed by atoms with Crippen LogP contribution in [0.25, 0.3) is 0 Å². The van der Waals surface area contributed by atoms with Gasteiger partial charge in [0.05, 0.1) is 0 Å². The molecule has 0 aromatic heterocycles. The van der Waals surface area contributed by atoms with E-state index in [9.17, 15) is 0 Å². The average Bonchev–Trinajstić information content (AvgIpc) is 2.53. The Labute approximate surface area is 101 Å². The van der Waals surface area contributed by atoms with Crippen molar-refractivity contribution in [2.75, 3.05) is 13.1 Å². The number of likely N-dealkylation sites (tertiary alicyclic amines) is 1. The van der Waals surface area contributed by atoms with E-state index in [1.54, 1.807) is 0 Å². The number of hydrogen-bond donors (Lipinski definition) is 1. The van der Waals surface area contributed by atoms with Crippen LogP contribution >= 0.6 is 0 Å². The second kappa shape index (κ2) is 6.61. The van der Waals surface area contributed by atoms with E-state index in [2.05, 4.69) is 4.90 Å². The topological polar surface area (TPSA) is 29.3 Å². The molecular weight excluding hydrogens is 196 g/mol. The predicted molar refractivity (Wildman–Crippen MR) is 69.5 cm³/mol. The fourth-order valence-corrected chi connectivity index (χ4v) is 3.37. The summed E-state index contributed by atoms with van der Waals surface area (Å²) in [5, 5.41) is 0. The van der Waals surface area contributed by atoms with Gasteiger partial charge < -0.3 is 5.73 Å². The lowest BCUT2D eigenvalue weighted by Gasteiger charge is -2.36. The lowest BCUT2D eigenvalue weighted by atomic mass is 9.91. The predicted octanol–water partition coefficient (Wildman–Crippen LogP) is 2.91. The molecule has 2 heteroatoms. The molecule has 0 bridgehead atoms. The number of hydrogen-bond acceptors (Lipinski definition) is 2. The van der Waals surface area contributed by atoms with Crippen LogP contribution in [0.1, 0.15) is 64.2 Å². The van der Waals surface area contributed by atoms with Crippen molar-refractivity contribution in [3.63, 3.8) is 0 Å². The van der Waals surface area contributed by atoms with E-state index in [1.807, 2.05) is 0 Å². The fraction of sp³-hybridized carbons (Fsp3) is 1.00. The summed E-state index contributed by atoms with van der Waals surface area (Å²) in [6, 6.07) is 1.14. The van der Waals surface area contributed by atoms with Gasteiger partial charge in [0.1, 0.15) is 0 Å². The maximum absolute atomic E-state index is 6.39. The van der Waals surface area contributed by atoms with Gasteiger partial charge in [-0.3, -0.25) is 4.90 Å². The van der Waals surface area contributed by atoms with Crippen LogP contribution in [0.4, 0.5) is 0 Å². The smallest absolute Gasteiger partial charge is 0.0247 e. The van der Waals surface area contributed by atoms with Gasteiger partial charge >= 0.3 is 0 Å². The number of rotatable bonds is 1. The van der Waals surface area contributed by atoms with Crippen LogP contribution in [0, 0.1) is 0 Å². The zero-order chi connectivity index (χ0) is 11.2. The van der Waals surface area contributed by atoms with E-state index in [4.69, 9.17) is 5.73 Å². The highest BCUT2D eigenvalue weighted by Crippen LogP contribution is 2.23. The normalized spacial score (nSPS) is 35.1. The van der Waals surface area contributed by atoms with Crippen molar-refractivity contribution in [1.29, 1.82) is 0 Å². The molecular formula is C14H28N2. The molecule has 2 N–H and O–H groups in total. The highest BCUT2D eigenvalue weighted by molar-refractivity contribution is 4.84. The summed E-state index contributed by atoms with van der Waals surface area (Å²) < 4.78 is 0. The van der Waals surface area contributed by atoms with E-state index in [-0.39, 0.29) is 0 Å². The fourth-order valence-electron chi connectivity index (χ4n) is 3.37. The highest BCUT2D eigenvalue weighted by Gasteiger charge is 2.25. The molecule has 2 unspecified atom stereocenters. The monoisotopic (exact) mass is 224 g/mol. The molecule has 0 amide bonds. The Morgan fingerprint density at radius 3 is 1.94 bits per heavy atom. The second-order valence-electron chi connectivity index (χ2n) is 5.67. The molecule has 1 heterocycles. The van der Waals surface area contributed by atoms with Gasteiger partial charge in [-0.1, -0.05) is 38.5 Å². The quantitative estimate of drug-likeness (QED) is 0.742. The number of nitrogens with zero attached hydrogens (tertiary/aromatic N) is 1. The van der Waals surface area contributed by atoms with Crippen molar-refractivity contribution in [1.82, 2.24) is 4.90 Å². The van der Waals surface area contributed by atoms with Gasteiger partial charge in [-0.15, -0.1) is 0 Å². The Kier molecular flexibility index (Phi) is 5.11. The van der Waals surface area contributed by atoms with Gasteiger partial charge in [0.25, 0.3) is 0 Å². The summed E-state index contributed by atoms with van der Waals surface area (Å²) >= 11 is 0. The van der Waals surface area contributed by atoms with E-state index in [0.29, 0.717) is 12.1 Å². The van der Waals surface area contributed by atoms with E-state index >= 15 is 0 Å². The average molecular weight is 224 g/mol. The third-order valence-corrected chi connectivity index (χ3v) is 4.39. The molecule has 94 valence electrons. The molecule has 2 rings (SSSR count).